The lowest BCUT2D eigenvalue weighted by Gasteiger charge is -2.13. The average molecular weight is 426 g/mol. The number of H-pyrrole nitrogens is 1. The van der Waals surface area contributed by atoms with Crippen LogP contribution in [0.2, 0.25) is 0 Å². The van der Waals surface area contributed by atoms with Crippen molar-refractivity contribution in [2.75, 3.05) is 11.9 Å². The molecule has 0 aliphatic carbocycles. The molecule has 8 heteroatoms. The molecule has 32 heavy (non-hydrogen) atoms. The third-order valence-corrected chi connectivity index (χ3v) is 5.14. The van der Waals surface area contributed by atoms with Crippen molar-refractivity contribution in [2.45, 2.75) is 6.92 Å². The summed E-state index contributed by atoms with van der Waals surface area (Å²) in [5, 5.41) is 13.7. The van der Waals surface area contributed by atoms with E-state index in [0.717, 1.165) is 11.3 Å². The van der Waals surface area contributed by atoms with E-state index >= 15 is 0 Å². The predicted octanol–water partition coefficient (Wildman–Crippen LogP) is 4.03. The number of ether oxygens (including phenoxy) is 1. The summed E-state index contributed by atoms with van der Waals surface area (Å²) in [5.41, 5.74) is 2.76. The Morgan fingerprint density at radius 1 is 1.09 bits per heavy atom. The van der Waals surface area contributed by atoms with Crippen molar-refractivity contribution in [1.29, 1.82) is 0 Å². The fraction of sp³-hybridized carbons (Fsp3) is 0.0833. The number of carbonyl (C=O) groups is 1. The molecule has 0 spiro atoms. The maximum absolute atomic E-state index is 12.7. The molecular weight excluding hydrogens is 408 g/mol. The van der Waals surface area contributed by atoms with E-state index in [2.05, 4.69) is 15.3 Å². The number of nitrogens with zero attached hydrogens (tertiary/aromatic N) is 2. The summed E-state index contributed by atoms with van der Waals surface area (Å²) >= 11 is 0. The normalized spacial score (nSPS) is 12.2. The van der Waals surface area contributed by atoms with E-state index < -0.39 is 17.4 Å². The molecule has 0 atom stereocenters. The highest BCUT2D eigenvalue weighted by atomic mass is 16.5. The molecule has 3 heterocycles. The minimum absolute atomic E-state index is 0.0442. The number of aromatic hydroxyl groups is 1. The van der Waals surface area contributed by atoms with Crippen molar-refractivity contribution in [3.8, 4) is 5.88 Å². The molecule has 4 aromatic rings. The van der Waals surface area contributed by atoms with E-state index in [9.17, 15) is 14.7 Å². The Hall–Kier alpha value is -4.46. The van der Waals surface area contributed by atoms with Gasteiger partial charge in [-0.05, 0) is 25.1 Å². The van der Waals surface area contributed by atoms with Crippen LogP contribution in [0.25, 0.3) is 10.9 Å². The maximum Gasteiger partial charge on any atom is 0.345 e. The first-order valence-corrected chi connectivity index (χ1v) is 10.0. The van der Waals surface area contributed by atoms with E-state index in [1.165, 1.54) is 0 Å². The molecule has 1 aliphatic heterocycles. The highest BCUT2D eigenvalue weighted by Gasteiger charge is 2.25. The van der Waals surface area contributed by atoms with Crippen LogP contribution < -0.4 is 10.9 Å². The number of hydrogen-bond donors (Lipinski definition) is 3. The molecule has 0 saturated heterocycles. The first-order valence-electron chi connectivity index (χ1n) is 10.0. The zero-order chi connectivity index (χ0) is 22.2. The van der Waals surface area contributed by atoms with Crippen LogP contribution in [-0.2, 0) is 4.74 Å². The summed E-state index contributed by atoms with van der Waals surface area (Å²) in [6.45, 7) is 1.77. The number of benzene rings is 2. The molecule has 158 valence electrons. The molecule has 0 amide bonds. The fourth-order valence-corrected chi connectivity index (χ4v) is 3.70. The standard InChI is InChI=1S/C24H18N4O4/c1-2-32-24(31)18-20-15(22(29)28-23(18)30)12-14-19(13-8-4-3-5-9-13)25-16-10-6-7-11-17(16)26-21(14)27-20/h3-12H,2H2,1H3,(H,26,27)(H2,28,29,30). The number of pyridine rings is 2. The SMILES string of the molecule is CCOC(=O)c1c(O)[nH]c(=O)c2cc3c(nc12)Nc1ccccc1N=C3c1ccccc1. The number of fused-ring (bicyclic) bond motifs is 3. The lowest BCUT2D eigenvalue weighted by Crippen LogP contribution is -2.16. The van der Waals surface area contributed by atoms with Crippen molar-refractivity contribution in [2.24, 2.45) is 4.99 Å². The monoisotopic (exact) mass is 426 g/mol. The molecule has 8 nitrogen and oxygen atoms in total. The molecule has 0 fully saturated rings. The van der Waals surface area contributed by atoms with Gasteiger partial charge >= 0.3 is 5.97 Å². The molecule has 0 saturated carbocycles. The number of hydrogen-bond acceptors (Lipinski definition) is 7. The fourth-order valence-electron chi connectivity index (χ4n) is 3.70. The maximum atomic E-state index is 12.7. The summed E-state index contributed by atoms with van der Waals surface area (Å²) in [6, 6.07) is 18.7. The van der Waals surface area contributed by atoms with Gasteiger partial charge in [-0.3, -0.25) is 9.78 Å². The molecule has 5 rings (SSSR count). The molecule has 2 aromatic carbocycles. The Balaban J connectivity index is 1.85. The van der Waals surface area contributed by atoms with Crippen LogP contribution in [0.3, 0.4) is 0 Å². The van der Waals surface area contributed by atoms with Gasteiger partial charge in [0, 0.05) is 11.1 Å². The van der Waals surface area contributed by atoms with Gasteiger partial charge in [0.05, 0.1) is 34.6 Å². The van der Waals surface area contributed by atoms with Gasteiger partial charge in [0.25, 0.3) is 5.56 Å². The summed E-state index contributed by atoms with van der Waals surface area (Å²) < 4.78 is 5.07. The van der Waals surface area contributed by atoms with E-state index in [-0.39, 0.29) is 23.1 Å². The number of anilines is 2. The summed E-state index contributed by atoms with van der Waals surface area (Å²) in [6.07, 6.45) is 0. The van der Waals surface area contributed by atoms with Crippen molar-refractivity contribution < 1.29 is 14.6 Å². The highest BCUT2D eigenvalue weighted by Crippen LogP contribution is 2.36. The molecular formula is C24H18N4O4. The number of aromatic amines is 1. The molecule has 3 N–H and O–H groups in total. The van der Waals surface area contributed by atoms with Gasteiger partial charge in [-0.1, -0.05) is 42.5 Å². The van der Waals surface area contributed by atoms with Crippen molar-refractivity contribution >= 4 is 39.8 Å². The number of aliphatic imine (C=N–C) groups is 1. The van der Waals surface area contributed by atoms with Crippen LogP contribution >= 0.6 is 0 Å². The quantitative estimate of drug-likeness (QED) is 0.375. The Labute approximate surface area is 182 Å². The molecule has 2 aromatic heterocycles. The second-order valence-corrected chi connectivity index (χ2v) is 7.15. The summed E-state index contributed by atoms with van der Waals surface area (Å²) in [7, 11) is 0. The third kappa shape index (κ3) is 3.18. The average Bonchev–Trinajstić information content (AvgIpc) is 2.95. The van der Waals surface area contributed by atoms with Gasteiger partial charge in [0.2, 0.25) is 5.88 Å². The van der Waals surface area contributed by atoms with E-state index in [0.29, 0.717) is 22.8 Å². The molecule has 0 unspecified atom stereocenters. The van der Waals surface area contributed by atoms with Crippen LogP contribution in [0.15, 0.2) is 70.5 Å². The molecule has 0 radical (unpaired) electrons. The van der Waals surface area contributed by atoms with Crippen LogP contribution in [0.1, 0.15) is 28.4 Å². The molecule has 0 bridgehead atoms. The lowest BCUT2D eigenvalue weighted by atomic mass is 10.0. The van der Waals surface area contributed by atoms with Gasteiger partial charge in [0.1, 0.15) is 11.4 Å². The van der Waals surface area contributed by atoms with Gasteiger partial charge in [0.15, 0.2) is 0 Å². The van der Waals surface area contributed by atoms with Crippen LogP contribution in [0, 0.1) is 0 Å². The van der Waals surface area contributed by atoms with Crippen molar-refractivity contribution in [3.05, 3.63) is 87.7 Å². The van der Waals surface area contributed by atoms with Crippen molar-refractivity contribution in [3.63, 3.8) is 0 Å². The highest BCUT2D eigenvalue weighted by molar-refractivity contribution is 6.19. The Kier molecular flexibility index (Phi) is 4.67. The summed E-state index contributed by atoms with van der Waals surface area (Å²) in [5.74, 6) is -0.954. The number of rotatable bonds is 3. The minimum Gasteiger partial charge on any atom is -0.494 e. The van der Waals surface area contributed by atoms with Gasteiger partial charge in [-0.15, -0.1) is 0 Å². The van der Waals surface area contributed by atoms with Crippen LogP contribution in [-0.4, -0.2) is 33.4 Å². The Bertz CT molecular complexity index is 1460. The zero-order valence-corrected chi connectivity index (χ0v) is 17.0. The van der Waals surface area contributed by atoms with E-state index in [1.54, 1.807) is 13.0 Å². The third-order valence-electron chi connectivity index (χ3n) is 5.14. The first kappa shape index (κ1) is 19.5. The lowest BCUT2D eigenvalue weighted by molar-refractivity contribution is 0.0524. The van der Waals surface area contributed by atoms with E-state index in [1.807, 2.05) is 54.6 Å². The van der Waals surface area contributed by atoms with Gasteiger partial charge in [-0.2, -0.15) is 0 Å². The van der Waals surface area contributed by atoms with Gasteiger partial charge < -0.3 is 15.2 Å². The smallest absolute Gasteiger partial charge is 0.345 e. The Morgan fingerprint density at radius 3 is 2.62 bits per heavy atom. The van der Waals surface area contributed by atoms with Crippen LogP contribution in [0.4, 0.5) is 17.2 Å². The van der Waals surface area contributed by atoms with Crippen molar-refractivity contribution in [1.82, 2.24) is 9.97 Å². The zero-order valence-electron chi connectivity index (χ0n) is 17.0. The van der Waals surface area contributed by atoms with Gasteiger partial charge in [-0.25, -0.2) is 14.8 Å². The Morgan fingerprint density at radius 2 is 1.84 bits per heavy atom. The summed E-state index contributed by atoms with van der Waals surface area (Å²) in [4.78, 5) is 37.0. The first-order chi connectivity index (χ1) is 15.6. The second kappa shape index (κ2) is 7.66. The number of esters is 1. The predicted molar refractivity (Wildman–Crippen MR) is 121 cm³/mol. The van der Waals surface area contributed by atoms with E-state index in [4.69, 9.17) is 9.73 Å². The number of carbonyl (C=O) groups excluding carboxylic acids is 1. The number of para-hydroxylation sites is 2. The second-order valence-electron chi connectivity index (χ2n) is 7.15. The largest absolute Gasteiger partial charge is 0.494 e. The minimum atomic E-state index is -0.773. The number of aromatic nitrogens is 2. The molecule has 1 aliphatic rings. The van der Waals surface area contributed by atoms with Crippen LogP contribution in [0.5, 0.6) is 5.88 Å². The number of nitrogens with one attached hydrogen (secondary N) is 2. The topological polar surface area (TPSA) is 117 Å².